The summed E-state index contributed by atoms with van der Waals surface area (Å²) >= 11 is 1.41. The van der Waals surface area contributed by atoms with Crippen molar-refractivity contribution in [3.63, 3.8) is 0 Å². The van der Waals surface area contributed by atoms with Gasteiger partial charge >= 0.3 is 0 Å². The van der Waals surface area contributed by atoms with Crippen LogP contribution < -0.4 is 5.73 Å². The molecule has 2 N–H and O–H groups in total. The Morgan fingerprint density at radius 1 is 1.37 bits per heavy atom. The minimum absolute atomic E-state index is 0.176. The van der Waals surface area contributed by atoms with Crippen molar-refractivity contribution < 1.29 is 4.79 Å². The number of benzene rings is 1. The third-order valence-electron chi connectivity index (χ3n) is 2.38. The highest BCUT2D eigenvalue weighted by Crippen LogP contribution is 2.13. The predicted octanol–water partition coefficient (Wildman–Crippen LogP) is 2.21. The number of carbonyl (C=O) groups is 1. The summed E-state index contributed by atoms with van der Waals surface area (Å²) in [6.45, 7) is 0. The first-order valence-corrected chi connectivity index (χ1v) is 6.46. The molecule has 2 rings (SSSR count). The lowest BCUT2D eigenvalue weighted by molar-refractivity contribution is -0.117. The van der Waals surface area contributed by atoms with E-state index in [1.807, 2.05) is 29.7 Å². The van der Waals surface area contributed by atoms with Gasteiger partial charge in [-0.25, -0.2) is 4.98 Å². The fraction of sp³-hybridized carbons (Fsp3) is 0.0714. The topological polar surface area (TPSA) is 79.8 Å². The summed E-state index contributed by atoms with van der Waals surface area (Å²) in [5.74, 6) is -0.378. The fourth-order valence-electron chi connectivity index (χ4n) is 1.48. The van der Waals surface area contributed by atoms with Crippen molar-refractivity contribution in [1.29, 1.82) is 5.26 Å². The van der Waals surface area contributed by atoms with Crippen molar-refractivity contribution in [2.24, 2.45) is 5.73 Å². The Bertz CT molecular complexity index is 650. The number of amides is 1. The SMILES string of the molecule is N#Cc1ccc(/C=C/c2csc(CC(N)=O)n2)cc1. The smallest absolute Gasteiger partial charge is 0.224 e. The molecule has 0 bridgehead atoms. The Balaban J connectivity index is 2.07. The largest absolute Gasteiger partial charge is 0.369 e. The lowest BCUT2D eigenvalue weighted by Gasteiger charge is -1.92. The molecule has 1 heterocycles. The number of nitriles is 1. The molecule has 94 valence electrons. The lowest BCUT2D eigenvalue weighted by atomic mass is 10.1. The molecular formula is C14H11N3OS. The van der Waals surface area contributed by atoms with Crippen molar-refractivity contribution in [2.45, 2.75) is 6.42 Å². The zero-order valence-corrected chi connectivity index (χ0v) is 10.9. The van der Waals surface area contributed by atoms with Crippen LogP contribution in [0.15, 0.2) is 29.6 Å². The van der Waals surface area contributed by atoms with E-state index in [0.29, 0.717) is 10.6 Å². The molecule has 2 aromatic rings. The molecule has 1 amide bonds. The van der Waals surface area contributed by atoms with Gasteiger partial charge in [-0.2, -0.15) is 5.26 Å². The molecule has 4 nitrogen and oxygen atoms in total. The molecular weight excluding hydrogens is 258 g/mol. The number of nitrogens with zero attached hydrogens (tertiary/aromatic N) is 2. The van der Waals surface area contributed by atoms with E-state index in [1.165, 1.54) is 11.3 Å². The number of rotatable bonds is 4. The van der Waals surface area contributed by atoms with E-state index in [1.54, 1.807) is 12.1 Å². The fourth-order valence-corrected chi connectivity index (χ4v) is 2.25. The molecule has 0 fully saturated rings. The molecule has 0 aliphatic heterocycles. The van der Waals surface area contributed by atoms with Gasteiger partial charge in [-0.15, -0.1) is 11.3 Å². The molecule has 1 aromatic carbocycles. The number of hydrogen-bond acceptors (Lipinski definition) is 4. The Labute approximate surface area is 114 Å². The van der Waals surface area contributed by atoms with Gasteiger partial charge in [-0.3, -0.25) is 4.79 Å². The highest BCUT2D eigenvalue weighted by Gasteiger charge is 2.02. The maximum Gasteiger partial charge on any atom is 0.224 e. The second kappa shape index (κ2) is 5.94. The van der Waals surface area contributed by atoms with Gasteiger partial charge in [-0.1, -0.05) is 18.2 Å². The van der Waals surface area contributed by atoms with Crippen LogP contribution in [0.3, 0.4) is 0 Å². The van der Waals surface area contributed by atoms with E-state index in [0.717, 1.165) is 11.3 Å². The summed E-state index contributed by atoms with van der Waals surface area (Å²) in [5, 5.41) is 11.3. The first-order chi connectivity index (χ1) is 9.17. The van der Waals surface area contributed by atoms with Crippen molar-refractivity contribution in [3.05, 3.63) is 51.5 Å². The second-order valence-corrected chi connectivity index (χ2v) is 4.82. The summed E-state index contributed by atoms with van der Waals surface area (Å²) in [6, 6.07) is 9.33. The maximum absolute atomic E-state index is 10.8. The molecule has 1 aromatic heterocycles. The van der Waals surface area contributed by atoms with Crippen LogP contribution in [-0.4, -0.2) is 10.9 Å². The predicted molar refractivity (Wildman–Crippen MR) is 75.1 cm³/mol. The first kappa shape index (κ1) is 13.0. The Morgan fingerprint density at radius 3 is 2.74 bits per heavy atom. The Hall–Kier alpha value is -2.45. The molecule has 0 aliphatic rings. The maximum atomic E-state index is 10.8. The van der Waals surface area contributed by atoms with E-state index >= 15 is 0 Å². The number of primary amides is 1. The van der Waals surface area contributed by atoms with Crippen LogP contribution in [0.1, 0.15) is 21.8 Å². The van der Waals surface area contributed by atoms with Gasteiger partial charge in [0.25, 0.3) is 0 Å². The van der Waals surface area contributed by atoms with Gasteiger partial charge in [0.2, 0.25) is 5.91 Å². The molecule has 5 heteroatoms. The van der Waals surface area contributed by atoms with Crippen LogP contribution in [0, 0.1) is 11.3 Å². The van der Waals surface area contributed by atoms with Crippen LogP contribution in [0.4, 0.5) is 0 Å². The normalized spacial score (nSPS) is 10.5. The van der Waals surface area contributed by atoms with Gasteiger partial charge < -0.3 is 5.73 Å². The summed E-state index contributed by atoms with van der Waals surface area (Å²) in [6.07, 6.45) is 3.95. The van der Waals surface area contributed by atoms with Crippen LogP contribution >= 0.6 is 11.3 Å². The summed E-state index contributed by atoms with van der Waals surface area (Å²) in [7, 11) is 0. The molecule has 0 unspecified atom stereocenters. The van der Waals surface area contributed by atoms with E-state index in [-0.39, 0.29) is 12.3 Å². The van der Waals surface area contributed by atoms with Crippen LogP contribution in [0.25, 0.3) is 12.2 Å². The lowest BCUT2D eigenvalue weighted by Crippen LogP contribution is -2.13. The average molecular weight is 269 g/mol. The second-order valence-electron chi connectivity index (χ2n) is 3.88. The number of hydrogen-bond donors (Lipinski definition) is 1. The molecule has 0 atom stereocenters. The van der Waals surface area contributed by atoms with Gasteiger partial charge in [-0.05, 0) is 23.8 Å². The average Bonchev–Trinajstić information content (AvgIpc) is 2.84. The highest BCUT2D eigenvalue weighted by molar-refractivity contribution is 7.09. The molecule has 0 saturated carbocycles. The molecule has 0 saturated heterocycles. The minimum atomic E-state index is -0.378. The van der Waals surface area contributed by atoms with Crippen LogP contribution in [0.5, 0.6) is 0 Å². The number of thiazole rings is 1. The third-order valence-corrected chi connectivity index (χ3v) is 3.25. The summed E-state index contributed by atoms with van der Waals surface area (Å²) in [5.41, 5.74) is 7.53. The van der Waals surface area contributed by atoms with Gasteiger partial charge in [0, 0.05) is 5.38 Å². The monoisotopic (exact) mass is 269 g/mol. The standard InChI is InChI=1S/C14H11N3OS/c15-8-11-3-1-10(2-4-11)5-6-12-9-19-14(17-12)7-13(16)18/h1-6,9H,7H2,(H2,16,18)/b6-5+. The Kier molecular flexibility index (Phi) is 4.06. The van der Waals surface area contributed by atoms with Crippen molar-refractivity contribution >= 4 is 29.4 Å². The van der Waals surface area contributed by atoms with Crippen molar-refractivity contribution in [3.8, 4) is 6.07 Å². The number of aromatic nitrogens is 1. The minimum Gasteiger partial charge on any atom is -0.369 e. The van der Waals surface area contributed by atoms with E-state index < -0.39 is 0 Å². The molecule has 0 radical (unpaired) electrons. The van der Waals surface area contributed by atoms with Gasteiger partial charge in [0.05, 0.1) is 23.7 Å². The van der Waals surface area contributed by atoms with Crippen molar-refractivity contribution in [1.82, 2.24) is 4.98 Å². The highest BCUT2D eigenvalue weighted by atomic mass is 32.1. The molecule has 19 heavy (non-hydrogen) atoms. The summed E-state index contributed by atoms with van der Waals surface area (Å²) < 4.78 is 0. The quantitative estimate of drug-likeness (QED) is 0.924. The first-order valence-electron chi connectivity index (χ1n) is 5.58. The van der Waals surface area contributed by atoms with E-state index in [2.05, 4.69) is 11.1 Å². The molecule has 0 spiro atoms. The Morgan fingerprint density at radius 2 is 2.11 bits per heavy atom. The zero-order chi connectivity index (χ0) is 13.7. The zero-order valence-electron chi connectivity index (χ0n) is 10.0. The third kappa shape index (κ3) is 3.76. The van der Waals surface area contributed by atoms with Crippen LogP contribution in [0.2, 0.25) is 0 Å². The van der Waals surface area contributed by atoms with E-state index in [4.69, 9.17) is 11.0 Å². The van der Waals surface area contributed by atoms with E-state index in [9.17, 15) is 4.79 Å². The number of carbonyl (C=O) groups excluding carboxylic acids is 1. The van der Waals surface area contributed by atoms with Crippen molar-refractivity contribution in [2.75, 3.05) is 0 Å². The van der Waals surface area contributed by atoms with Crippen LogP contribution in [-0.2, 0) is 11.2 Å². The van der Waals surface area contributed by atoms with Gasteiger partial charge in [0.15, 0.2) is 0 Å². The molecule has 0 aliphatic carbocycles. The van der Waals surface area contributed by atoms with Gasteiger partial charge in [0.1, 0.15) is 5.01 Å². The summed E-state index contributed by atoms with van der Waals surface area (Å²) in [4.78, 5) is 15.0. The number of nitrogens with two attached hydrogens (primary N) is 1.